The molecule has 1 N–H and O–H groups in total. The third-order valence-corrected chi connectivity index (χ3v) is 8.38. The number of carbonyl (C=O) groups is 1. The lowest BCUT2D eigenvalue weighted by molar-refractivity contribution is -0.0220. The van der Waals surface area contributed by atoms with Gasteiger partial charge in [-0.3, -0.25) is 4.79 Å². The quantitative estimate of drug-likeness (QED) is 0.472. The van der Waals surface area contributed by atoms with Crippen LogP contribution in [0.1, 0.15) is 48.9 Å². The highest BCUT2D eigenvalue weighted by Gasteiger charge is 2.44. The normalized spacial score (nSPS) is 20.6. The lowest BCUT2D eigenvalue weighted by Gasteiger charge is -2.36. The van der Waals surface area contributed by atoms with Gasteiger partial charge >= 0.3 is 0 Å². The van der Waals surface area contributed by atoms with Gasteiger partial charge in [-0.2, -0.15) is 0 Å². The molecule has 5 rings (SSSR count). The van der Waals surface area contributed by atoms with Crippen LogP contribution < -0.4 is 20.0 Å². The van der Waals surface area contributed by atoms with E-state index in [1.807, 2.05) is 54.2 Å². The van der Waals surface area contributed by atoms with Crippen LogP contribution in [0.4, 0.5) is 31.5 Å². The molecule has 1 spiro atoms. The van der Waals surface area contributed by atoms with Gasteiger partial charge in [0.25, 0.3) is 11.8 Å². The van der Waals surface area contributed by atoms with E-state index in [4.69, 9.17) is 0 Å². The van der Waals surface area contributed by atoms with Crippen LogP contribution in [-0.2, 0) is 0 Å². The summed E-state index contributed by atoms with van der Waals surface area (Å²) in [4.78, 5) is 19.7. The van der Waals surface area contributed by atoms with Crippen molar-refractivity contribution in [1.82, 2.24) is 0 Å². The fraction of sp³-hybridized carbons (Fsp3) is 0.519. The summed E-state index contributed by atoms with van der Waals surface area (Å²) in [6, 6.07) is 11.5. The standard InChI is InChI=1S/C27H33BrF2N4O/c1-32(2)22-6-3-19(17-24(22)34-15-11-27(29,30)12-16-34)25(35)31-21-5-4-20(28)18-23(21)33-13-9-26(7-8-26)10-14-33/h3-6,17-18H,7-16H2,1-2H3,(H,31,35). The summed E-state index contributed by atoms with van der Waals surface area (Å²) in [5.41, 5.74) is 4.66. The second-order valence-electron chi connectivity index (χ2n) is 10.5. The summed E-state index contributed by atoms with van der Waals surface area (Å²) in [6.07, 6.45) is 4.77. The second-order valence-corrected chi connectivity index (χ2v) is 11.5. The highest BCUT2D eigenvalue weighted by atomic mass is 79.9. The van der Waals surface area contributed by atoms with E-state index in [1.165, 1.54) is 25.7 Å². The minimum Gasteiger partial charge on any atom is -0.376 e. The third kappa shape index (κ3) is 5.27. The average Bonchev–Trinajstić information content (AvgIpc) is 3.59. The molecule has 5 nitrogen and oxygen atoms in total. The minimum absolute atomic E-state index is 0.171. The van der Waals surface area contributed by atoms with Crippen LogP contribution in [0.15, 0.2) is 40.9 Å². The number of hydrogen-bond acceptors (Lipinski definition) is 4. The molecule has 2 aromatic rings. The number of nitrogens with one attached hydrogen (secondary N) is 1. The number of rotatable bonds is 5. The number of hydrogen-bond donors (Lipinski definition) is 1. The summed E-state index contributed by atoms with van der Waals surface area (Å²) >= 11 is 3.59. The predicted octanol–water partition coefficient (Wildman–Crippen LogP) is 6.38. The van der Waals surface area contributed by atoms with Crippen molar-refractivity contribution in [3.63, 3.8) is 0 Å². The molecular weight excluding hydrogens is 514 g/mol. The number of alkyl halides is 2. The van der Waals surface area contributed by atoms with Gasteiger partial charge in [-0.1, -0.05) is 15.9 Å². The second kappa shape index (κ2) is 9.26. The van der Waals surface area contributed by atoms with E-state index in [0.717, 1.165) is 40.3 Å². The van der Waals surface area contributed by atoms with Crippen molar-refractivity contribution in [2.45, 2.75) is 44.4 Å². The van der Waals surface area contributed by atoms with Crippen molar-refractivity contribution in [2.24, 2.45) is 5.41 Å². The molecular formula is C27H33BrF2N4O. The highest BCUT2D eigenvalue weighted by molar-refractivity contribution is 9.10. The topological polar surface area (TPSA) is 38.8 Å². The first-order valence-electron chi connectivity index (χ1n) is 12.4. The Bertz CT molecular complexity index is 1100. The minimum atomic E-state index is -2.62. The molecule has 8 heteroatoms. The van der Waals surface area contributed by atoms with Gasteiger partial charge < -0.3 is 20.0 Å². The number of halogens is 3. The number of anilines is 4. The number of amides is 1. The van der Waals surface area contributed by atoms with Crippen LogP contribution in [0, 0.1) is 5.41 Å². The fourth-order valence-corrected chi connectivity index (χ4v) is 5.69. The maximum absolute atomic E-state index is 13.8. The number of benzene rings is 2. The SMILES string of the molecule is CN(C)c1ccc(C(=O)Nc2ccc(Br)cc2N2CCC3(CC2)CC3)cc1N1CCC(F)(F)CC1. The summed E-state index contributed by atoms with van der Waals surface area (Å²) in [6.45, 7) is 2.54. The van der Waals surface area contributed by atoms with Crippen LogP contribution in [0.3, 0.4) is 0 Å². The van der Waals surface area contributed by atoms with E-state index >= 15 is 0 Å². The fourth-order valence-electron chi connectivity index (χ4n) is 5.34. The van der Waals surface area contributed by atoms with Crippen molar-refractivity contribution in [3.05, 3.63) is 46.4 Å². The lowest BCUT2D eigenvalue weighted by Crippen LogP contribution is -2.40. The summed E-state index contributed by atoms with van der Waals surface area (Å²) in [5.74, 6) is -2.81. The smallest absolute Gasteiger partial charge is 0.255 e. The molecule has 1 aliphatic carbocycles. The predicted molar refractivity (Wildman–Crippen MR) is 142 cm³/mol. The van der Waals surface area contributed by atoms with Crippen LogP contribution in [0.2, 0.25) is 0 Å². The Balaban J connectivity index is 1.37. The molecule has 2 heterocycles. The molecule has 0 radical (unpaired) electrons. The van der Waals surface area contributed by atoms with E-state index in [1.54, 1.807) is 0 Å². The molecule has 35 heavy (non-hydrogen) atoms. The Morgan fingerprint density at radius 2 is 1.51 bits per heavy atom. The van der Waals surface area contributed by atoms with Crippen LogP contribution >= 0.6 is 15.9 Å². The number of carbonyl (C=O) groups excluding carboxylic acids is 1. The average molecular weight is 547 g/mol. The number of piperidine rings is 2. The molecule has 0 atom stereocenters. The first kappa shape index (κ1) is 24.3. The Labute approximate surface area is 214 Å². The van der Waals surface area contributed by atoms with Crippen molar-refractivity contribution in [1.29, 1.82) is 0 Å². The zero-order valence-electron chi connectivity index (χ0n) is 20.4. The van der Waals surface area contributed by atoms with Gasteiger partial charge in [-0.15, -0.1) is 0 Å². The first-order chi connectivity index (χ1) is 16.6. The van der Waals surface area contributed by atoms with E-state index in [0.29, 0.717) is 11.0 Å². The Kier molecular flexibility index (Phi) is 6.45. The van der Waals surface area contributed by atoms with Crippen molar-refractivity contribution >= 4 is 44.6 Å². The molecule has 0 aromatic heterocycles. The number of nitrogens with zero attached hydrogens (tertiary/aromatic N) is 3. The van der Waals surface area contributed by atoms with Gasteiger partial charge in [0.2, 0.25) is 0 Å². The maximum Gasteiger partial charge on any atom is 0.255 e. The molecule has 2 aliphatic heterocycles. The van der Waals surface area contributed by atoms with Gasteiger partial charge in [-0.05, 0) is 67.5 Å². The molecule has 1 amide bonds. The molecule has 2 aromatic carbocycles. The van der Waals surface area contributed by atoms with Crippen molar-refractivity contribution in [2.75, 3.05) is 60.3 Å². The van der Waals surface area contributed by atoms with Crippen LogP contribution in [0.25, 0.3) is 0 Å². The third-order valence-electron chi connectivity index (χ3n) is 7.88. The van der Waals surface area contributed by atoms with Gasteiger partial charge in [-0.25, -0.2) is 8.78 Å². The first-order valence-corrected chi connectivity index (χ1v) is 13.2. The molecule has 2 saturated heterocycles. The van der Waals surface area contributed by atoms with Gasteiger partial charge in [0.1, 0.15) is 0 Å². The Morgan fingerprint density at radius 3 is 2.14 bits per heavy atom. The van der Waals surface area contributed by atoms with E-state index in [9.17, 15) is 13.6 Å². The van der Waals surface area contributed by atoms with Crippen molar-refractivity contribution in [3.8, 4) is 0 Å². The molecule has 188 valence electrons. The van der Waals surface area contributed by atoms with E-state index < -0.39 is 5.92 Å². The molecule has 1 saturated carbocycles. The summed E-state index contributed by atoms with van der Waals surface area (Å²) in [5, 5.41) is 3.13. The van der Waals surface area contributed by atoms with Gasteiger partial charge in [0, 0.05) is 63.2 Å². The summed E-state index contributed by atoms with van der Waals surface area (Å²) < 4.78 is 28.5. The van der Waals surface area contributed by atoms with Crippen LogP contribution in [0.5, 0.6) is 0 Å². The molecule has 0 bridgehead atoms. The Morgan fingerprint density at radius 1 is 0.886 bits per heavy atom. The Hall–Kier alpha value is -2.35. The van der Waals surface area contributed by atoms with Gasteiger partial charge in [0.05, 0.1) is 22.7 Å². The van der Waals surface area contributed by atoms with E-state index in [2.05, 4.69) is 32.2 Å². The zero-order valence-corrected chi connectivity index (χ0v) is 22.0. The van der Waals surface area contributed by atoms with Gasteiger partial charge in [0.15, 0.2) is 0 Å². The zero-order chi connectivity index (χ0) is 24.8. The molecule has 3 aliphatic rings. The van der Waals surface area contributed by atoms with Crippen molar-refractivity contribution < 1.29 is 13.6 Å². The highest BCUT2D eigenvalue weighted by Crippen LogP contribution is 2.54. The monoisotopic (exact) mass is 546 g/mol. The largest absolute Gasteiger partial charge is 0.376 e. The van der Waals surface area contributed by atoms with Crippen LogP contribution in [-0.4, -0.2) is 52.1 Å². The van der Waals surface area contributed by atoms with E-state index in [-0.39, 0.29) is 31.8 Å². The molecule has 0 unspecified atom stereocenters. The summed E-state index contributed by atoms with van der Waals surface area (Å²) in [7, 11) is 3.85. The molecule has 3 fully saturated rings. The maximum atomic E-state index is 13.8. The lowest BCUT2D eigenvalue weighted by atomic mass is 9.93.